The molecule has 0 aliphatic carbocycles. The summed E-state index contributed by atoms with van der Waals surface area (Å²) in [4.78, 5) is 15.0. The highest BCUT2D eigenvalue weighted by molar-refractivity contribution is 6.03. The molecule has 0 unspecified atom stereocenters. The van der Waals surface area contributed by atoms with Crippen molar-refractivity contribution < 1.29 is 26.4 Å². The van der Waals surface area contributed by atoms with Crippen molar-refractivity contribution in [3.8, 4) is 0 Å². The molecule has 55 heavy (non-hydrogen) atoms. The fourth-order valence-electron chi connectivity index (χ4n) is 8.05. The van der Waals surface area contributed by atoms with Gasteiger partial charge in [0.15, 0.2) is 5.71 Å². The average molecular weight is 815 g/mol. The Labute approximate surface area is 345 Å². The van der Waals surface area contributed by atoms with Crippen molar-refractivity contribution >= 4 is 23.0 Å². The van der Waals surface area contributed by atoms with Gasteiger partial charge in [-0.15, -0.1) is 0 Å². The van der Waals surface area contributed by atoms with Crippen LogP contribution in [0.3, 0.4) is 0 Å². The lowest BCUT2D eigenvalue weighted by Gasteiger charge is -2.27. The first-order valence-corrected chi connectivity index (χ1v) is 21.2. The summed E-state index contributed by atoms with van der Waals surface area (Å²) in [6.07, 6.45) is 29.9. The summed E-state index contributed by atoms with van der Waals surface area (Å²) in [7, 11) is 0. The van der Waals surface area contributed by atoms with Crippen LogP contribution in [0.25, 0.3) is 0 Å². The molecule has 2 aliphatic rings. The highest BCUT2D eigenvalue weighted by atomic mass is 79.9. The molecule has 0 fully saturated rings. The van der Waals surface area contributed by atoms with Crippen molar-refractivity contribution in [2.75, 3.05) is 44.2 Å². The Balaban J connectivity index is 0.00000812. The maximum Gasteiger partial charge on any atom is 0.219 e. The van der Waals surface area contributed by atoms with Gasteiger partial charge >= 0.3 is 0 Å². The molecule has 1 amide bonds. The zero-order valence-corrected chi connectivity index (χ0v) is 36.4. The summed E-state index contributed by atoms with van der Waals surface area (Å²) >= 11 is 0. The summed E-state index contributed by atoms with van der Waals surface area (Å²) in [6.45, 7) is 17.2. The lowest BCUT2D eigenvalue weighted by Crippen LogP contribution is -3.00. The molecule has 0 spiro atoms. The van der Waals surface area contributed by atoms with E-state index < -0.39 is 0 Å². The molecule has 0 saturated carbocycles. The van der Waals surface area contributed by atoms with Gasteiger partial charge in [0.25, 0.3) is 0 Å². The topological polar surface area (TPSA) is 73.4 Å². The molecular formula is C48H72BrN5O. The number of nitrogens with one attached hydrogen (secondary N) is 2. The predicted molar refractivity (Wildman–Crippen MR) is 232 cm³/mol. The Morgan fingerprint density at radius 1 is 0.727 bits per heavy atom. The normalized spacial score (nSPS) is 16.5. The van der Waals surface area contributed by atoms with Gasteiger partial charge in [0.2, 0.25) is 11.6 Å². The summed E-state index contributed by atoms with van der Waals surface area (Å²) < 4.78 is 2.50. The number of unbranched alkanes of at least 4 members (excludes halogenated alkanes) is 8. The van der Waals surface area contributed by atoms with E-state index in [1.165, 1.54) is 78.9 Å². The van der Waals surface area contributed by atoms with Crippen molar-refractivity contribution in [2.45, 2.75) is 129 Å². The number of nitrogens with zero attached hydrogens (tertiary/aromatic N) is 2. The molecule has 302 valence electrons. The van der Waals surface area contributed by atoms with Gasteiger partial charge in [-0.2, -0.15) is 4.58 Å². The molecular weight excluding hydrogens is 742 g/mol. The molecule has 0 bridgehead atoms. The second kappa shape index (κ2) is 24.4. The lowest BCUT2D eigenvalue weighted by molar-refractivity contribution is -0.438. The maximum atomic E-state index is 12.5. The maximum absolute atomic E-state index is 12.5. The van der Waals surface area contributed by atoms with Crippen LogP contribution in [-0.2, 0) is 15.6 Å². The van der Waals surface area contributed by atoms with Gasteiger partial charge in [0, 0.05) is 60.4 Å². The fraction of sp³-hybridized carbons (Fsp3) is 0.542. The van der Waals surface area contributed by atoms with Gasteiger partial charge < -0.3 is 38.2 Å². The van der Waals surface area contributed by atoms with E-state index in [0.717, 1.165) is 71.4 Å². The SMILES string of the molecule is CCCCN1/C(=C/C=C/C=C/C=C/C2=[N+](CCCCCC(=O)NCCCNCCCCCCCCN)c3ccccc3C2(C)C)C(C)(C)c2ccccc21.[Br-]. The number of allylic oxidation sites excluding steroid dienone is 8. The molecule has 2 aromatic carbocycles. The van der Waals surface area contributed by atoms with Crippen LogP contribution < -0.4 is 38.2 Å². The smallest absolute Gasteiger partial charge is 0.219 e. The zero-order chi connectivity index (χ0) is 38.7. The van der Waals surface area contributed by atoms with Gasteiger partial charge in [-0.1, -0.05) is 120 Å². The minimum atomic E-state index is -0.0780. The van der Waals surface area contributed by atoms with E-state index in [1.54, 1.807) is 0 Å². The number of nitrogens with two attached hydrogens (primary N) is 1. The largest absolute Gasteiger partial charge is 1.00 e. The van der Waals surface area contributed by atoms with Crippen LogP contribution in [-0.4, -0.2) is 55.5 Å². The van der Waals surface area contributed by atoms with Crippen LogP contribution in [0.5, 0.6) is 0 Å². The van der Waals surface area contributed by atoms with Crippen LogP contribution in [0.4, 0.5) is 11.4 Å². The molecule has 4 N–H and O–H groups in total. The minimum Gasteiger partial charge on any atom is -1.00 e. The molecule has 0 saturated heterocycles. The Morgan fingerprint density at radius 2 is 1.38 bits per heavy atom. The third kappa shape index (κ3) is 13.4. The lowest BCUT2D eigenvalue weighted by atomic mass is 9.81. The van der Waals surface area contributed by atoms with Gasteiger partial charge in [-0.3, -0.25) is 4.79 Å². The highest BCUT2D eigenvalue weighted by Crippen LogP contribution is 2.47. The fourth-order valence-corrected chi connectivity index (χ4v) is 8.05. The number of para-hydroxylation sites is 2. The minimum absolute atomic E-state index is 0. The number of rotatable bonds is 25. The van der Waals surface area contributed by atoms with Gasteiger partial charge in [0.1, 0.15) is 6.54 Å². The number of benzene rings is 2. The van der Waals surface area contributed by atoms with Crippen molar-refractivity contribution in [1.82, 2.24) is 10.6 Å². The summed E-state index contributed by atoms with van der Waals surface area (Å²) in [6, 6.07) is 17.7. The Morgan fingerprint density at radius 3 is 2.16 bits per heavy atom. The molecule has 0 radical (unpaired) electrons. The van der Waals surface area contributed by atoms with E-state index in [1.807, 2.05) is 0 Å². The molecule has 7 heteroatoms. The summed E-state index contributed by atoms with van der Waals surface area (Å²) in [5.41, 5.74) is 13.6. The van der Waals surface area contributed by atoms with E-state index in [4.69, 9.17) is 5.73 Å². The molecule has 2 aliphatic heterocycles. The molecule has 2 aromatic rings. The Kier molecular flexibility index (Phi) is 20.5. The highest BCUT2D eigenvalue weighted by Gasteiger charge is 2.43. The van der Waals surface area contributed by atoms with Gasteiger partial charge in [-0.05, 0) is 89.7 Å². The van der Waals surface area contributed by atoms with Crippen molar-refractivity contribution in [1.29, 1.82) is 0 Å². The second-order valence-corrected chi connectivity index (χ2v) is 16.2. The van der Waals surface area contributed by atoms with Gasteiger partial charge in [0.05, 0.1) is 5.41 Å². The first-order valence-electron chi connectivity index (χ1n) is 21.2. The first kappa shape index (κ1) is 46.1. The van der Waals surface area contributed by atoms with Crippen LogP contribution in [0.2, 0.25) is 0 Å². The monoisotopic (exact) mass is 813 g/mol. The second-order valence-electron chi connectivity index (χ2n) is 16.2. The third-order valence-corrected chi connectivity index (χ3v) is 11.2. The van der Waals surface area contributed by atoms with Gasteiger partial charge in [-0.25, -0.2) is 0 Å². The van der Waals surface area contributed by atoms with Crippen LogP contribution in [0.15, 0.2) is 96.8 Å². The Bertz CT molecular complexity index is 1620. The van der Waals surface area contributed by atoms with E-state index in [2.05, 4.69) is 146 Å². The molecule has 4 rings (SSSR count). The van der Waals surface area contributed by atoms with E-state index in [9.17, 15) is 4.79 Å². The van der Waals surface area contributed by atoms with Crippen LogP contribution in [0, 0.1) is 0 Å². The zero-order valence-electron chi connectivity index (χ0n) is 34.9. The predicted octanol–water partition coefficient (Wildman–Crippen LogP) is 7.17. The summed E-state index contributed by atoms with van der Waals surface area (Å²) in [5, 5.41) is 6.64. The quantitative estimate of drug-likeness (QED) is 0.0565. The number of hydrogen-bond acceptors (Lipinski definition) is 4. The number of hydrogen-bond donors (Lipinski definition) is 3. The van der Waals surface area contributed by atoms with Crippen molar-refractivity contribution in [3.63, 3.8) is 0 Å². The third-order valence-electron chi connectivity index (χ3n) is 11.2. The van der Waals surface area contributed by atoms with Crippen LogP contribution in [0.1, 0.15) is 129 Å². The number of carbonyl (C=O) groups excluding carboxylic acids is 1. The standard InChI is InChI=1S/C48H71N5O.BrH/c1-6-7-38-52-42-29-21-19-27-40(42)47(2,3)44(52)31-16-11-10-12-17-32-45-48(4,5)41-28-20-22-30-43(41)53(45)39-25-15-18-33-46(54)51-37-26-36-50-35-24-14-9-8-13-23-34-49;/h10-12,16-17,19-22,27-32,50H,6-9,13-15,18,23-26,33-39,49H2,1-5H3;1H. The van der Waals surface area contributed by atoms with E-state index in [-0.39, 0.29) is 33.7 Å². The average Bonchev–Trinajstić information content (AvgIpc) is 3.51. The number of anilines is 1. The summed E-state index contributed by atoms with van der Waals surface area (Å²) in [5.74, 6) is 0.179. The first-order chi connectivity index (χ1) is 26.2. The number of fused-ring (bicyclic) bond motifs is 2. The van der Waals surface area contributed by atoms with Crippen LogP contribution >= 0.6 is 0 Å². The molecule has 6 nitrogen and oxygen atoms in total. The van der Waals surface area contributed by atoms with Crippen molar-refractivity contribution in [2.24, 2.45) is 5.73 Å². The van der Waals surface area contributed by atoms with Crippen molar-refractivity contribution in [3.05, 3.63) is 108 Å². The number of amides is 1. The number of carbonyl (C=O) groups is 1. The Hall–Kier alpha value is -3.26. The van der Waals surface area contributed by atoms with E-state index >= 15 is 0 Å². The molecule has 0 atom stereocenters. The van der Waals surface area contributed by atoms with E-state index in [0.29, 0.717) is 6.42 Å². The number of halogens is 1. The molecule has 2 heterocycles. The molecule has 0 aromatic heterocycles.